The van der Waals surface area contributed by atoms with Crippen LogP contribution in [0.4, 0.5) is 4.79 Å². The SMILES string of the molecule is O=C(O)NS(=O)(=O)c1ccc(CCNC(=O)COc2ccccc2)cc1. The Labute approximate surface area is 150 Å². The predicted molar refractivity (Wildman–Crippen MR) is 93.4 cm³/mol. The molecule has 26 heavy (non-hydrogen) atoms. The van der Waals surface area contributed by atoms with E-state index in [0.29, 0.717) is 18.7 Å². The molecule has 2 aromatic carbocycles. The summed E-state index contributed by atoms with van der Waals surface area (Å²) in [7, 11) is -4.08. The first kappa shape index (κ1) is 19.3. The molecule has 0 aliphatic carbocycles. The van der Waals surface area contributed by atoms with Crippen LogP contribution >= 0.6 is 0 Å². The topological polar surface area (TPSA) is 122 Å². The normalized spacial score (nSPS) is 10.8. The maximum Gasteiger partial charge on any atom is 0.418 e. The third-order valence-electron chi connectivity index (χ3n) is 3.30. The molecule has 0 bridgehead atoms. The Bertz CT molecular complexity index is 851. The van der Waals surface area contributed by atoms with E-state index in [0.717, 1.165) is 5.56 Å². The van der Waals surface area contributed by atoms with Crippen molar-refractivity contribution in [3.8, 4) is 5.75 Å². The van der Waals surface area contributed by atoms with Crippen molar-refractivity contribution in [2.75, 3.05) is 13.2 Å². The Balaban J connectivity index is 1.77. The van der Waals surface area contributed by atoms with Crippen LogP contribution in [0.5, 0.6) is 5.75 Å². The van der Waals surface area contributed by atoms with Crippen LogP contribution < -0.4 is 14.8 Å². The van der Waals surface area contributed by atoms with Gasteiger partial charge in [0.1, 0.15) is 5.75 Å². The first-order valence-corrected chi connectivity index (χ1v) is 9.14. The van der Waals surface area contributed by atoms with Crippen molar-refractivity contribution in [1.82, 2.24) is 10.0 Å². The van der Waals surface area contributed by atoms with Gasteiger partial charge in [-0.2, -0.15) is 0 Å². The van der Waals surface area contributed by atoms with Crippen molar-refractivity contribution in [2.24, 2.45) is 0 Å². The molecule has 0 fully saturated rings. The minimum absolute atomic E-state index is 0.0952. The van der Waals surface area contributed by atoms with E-state index in [1.807, 2.05) is 18.2 Å². The second-order valence-corrected chi connectivity index (χ2v) is 6.94. The van der Waals surface area contributed by atoms with E-state index in [9.17, 15) is 18.0 Å². The number of carboxylic acid groups (broad SMARTS) is 1. The summed E-state index contributed by atoms with van der Waals surface area (Å²) in [6.45, 7) is 0.262. The van der Waals surface area contributed by atoms with Gasteiger partial charge in [0.25, 0.3) is 15.9 Å². The molecular weight excluding hydrogens is 360 g/mol. The number of carbonyl (C=O) groups is 2. The van der Waals surface area contributed by atoms with E-state index in [-0.39, 0.29) is 17.4 Å². The van der Waals surface area contributed by atoms with Gasteiger partial charge in [-0.3, -0.25) is 4.79 Å². The molecule has 0 heterocycles. The molecule has 0 unspecified atom stereocenters. The highest BCUT2D eigenvalue weighted by molar-refractivity contribution is 7.90. The molecule has 0 spiro atoms. The number of nitrogens with one attached hydrogen (secondary N) is 2. The Hall–Kier alpha value is -3.07. The lowest BCUT2D eigenvalue weighted by molar-refractivity contribution is -0.123. The van der Waals surface area contributed by atoms with Gasteiger partial charge in [-0.15, -0.1) is 0 Å². The maximum absolute atomic E-state index is 11.7. The summed E-state index contributed by atoms with van der Waals surface area (Å²) in [6.07, 6.45) is -1.15. The number of benzene rings is 2. The average Bonchev–Trinajstić information content (AvgIpc) is 2.60. The van der Waals surface area contributed by atoms with Gasteiger partial charge in [-0.25, -0.2) is 17.9 Å². The van der Waals surface area contributed by atoms with Crippen molar-refractivity contribution in [3.63, 3.8) is 0 Å². The molecule has 9 heteroatoms. The monoisotopic (exact) mass is 378 g/mol. The van der Waals surface area contributed by atoms with Gasteiger partial charge in [0.2, 0.25) is 0 Å². The fourth-order valence-electron chi connectivity index (χ4n) is 2.07. The van der Waals surface area contributed by atoms with Gasteiger partial charge in [0, 0.05) is 6.54 Å². The summed E-state index contributed by atoms with van der Waals surface area (Å²) < 4.78 is 30.1. The third kappa shape index (κ3) is 6.10. The lowest BCUT2D eigenvalue weighted by Gasteiger charge is -2.08. The lowest BCUT2D eigenvalue weighted by Crippen LogP contribution is -2.30. The molecule has 138 valence electrons. The number of rotatable bonds is 8. The van der Waals surface area contributed by atoms with Crippen LogP contribution in [0.1, 0.15) is 5.56 Å². The summed E-state index contributed by atoms with van der Waals surface area (Å²) in [5.74, 6) is 0.341. The quantitative estimate of drug-likeness (QED) is 0.638. The van der Waals surface area contributed by atoms with Gasteiger partial charge in [-0.05, 0) is 36.2 Å². The van der Waals surface area contributed by atoms with E-state index in [1.54, 1.807) is 24.3 Å². The van der Waals surface area contributed by atoms with Crippen LogP contribution in [0.3, 0.4) is 0 Å². The molecule has 0 saturated heterocycles. The maximum atomic E-state index is 11.7. The van der Waals surface area contributed by atoms with Gasteiger partial charge < -0.3 is 15.2 Å². The molecule has 2 rings (SSSR count). The van der Waals surface area contributed by atoms with Gasteiger partial charge >= 0.3 is 6.09 Å². The molecular formula is C17H18N2O6S. The minimum Gasteiger partial charge on any atom is -0.484 e. The van der Waals surface area contributed by atoms with Gasteiger partial charge in [0.05, 0.1) is 4.90 Å². The molecule has 0 aromatic heterocycles. The molecule has 8 nitrogen and oxygen atoms in total. The summed E-state index contributed by atoms with van der Waals surface area (Å²) in [5, 5.41) is 11.2. The second-order valence-electron chi connectivity index (χ2n) is 5.26. The highest BCUT2D eigenvalue weighted by atomic mass is 32.2. The number of amides is 2. The zero-order chi connectivity index (χ0) is 19.0. The van der Waals surface area contributed by atoms with E-state index in [1.165, 1.54) is 16.9 Å². The zero-order valence-electron chi connectivity index (χ0n) is 13.7. The molecule has 2 aromatic rings. The first-order valence-electron chi connectivity index (χ1n) is 7.66. The van der Waals surface area contributed by atoms with Crippen LogP contribution in [0, 0.1) is 0 Å². The summed E-state index contributed by atoms with van der Waals surface area (Å²) in [4.78, 5) is 22.0. The van der Waals surface area contributed by atoms with Crippen molar-refractivity contribution < 1.29 is 27.9 Å². The van der Waals surface area contributed by atoms with E-state index >= 15 is 0 Å². The van der Waals surface area contributed by atoms with E-state index in [2.05, 4.69) is 5.32 Å². The number of hydrogen-bond donors (Lipinski definition) is 3. The highest BCUT2D eigenvalue weighted by Gasteiger charge is 2.16. The zero-order valence-corrected chi connectivity index (χ0v) is 14.5. The molecule has 3 N–H and O–H groups in total. The number of carbonyl (C=O) groups excluding carboxylic acids is 1. The Kier molecular flexibility index (Phi) is 6.56. The van der Waals surface area contributed by atoms with Gasteiger partial charge in [0.15, 0.2) is 6.61 Å². The average molecular weight is 378 g/mol. The Morgan fingerprint density at radius 3 is 2.27 bits per heavy atom. The highest BCUT2D eigenvalue weighted by Crippen LogP contribution is 2.11. The molecule has 0 aliphatic rings. The smallest absolute Gasteiger partial charge is 0.418 e. The molecule has 0 saturated carbocycles. The molecule has 2 amide bonds. The summed E-state index contributed by atoms with van der Waals surface area (Å²) >= 11 is 0. The fourth-order valence-corrected chi connectivity index (χ4v) is 2.91. The standard InChI is InChI=1S/C17H18N2O6S/c20-16(12-25-14-4-2-1-3-5-14)18-11-10-13-6-8-15(9-7-13)26(23,24)19-17(21)22/h1-9,19H,10-12H2,(H,18,20)(H,21,22). The Morgan fingerprint density at radius 2 is 1.65 bits per heavy atom. The van der Waals surface area contributed by atoms with Crippen LogP contribution in [-0.2, 0) is 21.2 Å². The first-order chi connectivity index (χ1) is 12.4. The third-order valence-corrected chi connectivity index (χ3v) is 4.64. The fraction of sp³-hybridized carbons (Fsp3) is 0.176. The molecule has 0 atom stereocenters. The summed E-state index contributed by atoms with van der Waals surface area (Å²) in [6, 6.07) is 14.7. The van der Waals surface area contributed by atoms with E-state index in [4.69, 9.17) is 9.84 Å². The van der Waals surface area contributed by atoms with E-state index < -0.39 is 16.1 Å². The molecule has 0 radical (unpaired) electrons. The number of hydrogen-bond acceptors (Lipinski definition) is 5. The van der Waals surface area contributed by atoms with Crippen LogP contribution in [-0.4, -0.2) is 38.7 Å². The number of ether oxygens (including phenoxy) is 1. The Morgan fingerprint density at radius 1 is 1.00 bits per heavy atom. The molecule has 0 aliphatic heterocycles. The number of para-hydroxylation sites is 1. The summed E-state index contributed by atoms with van der Waals surface area (Å²) in [5.41, 5.74) is 0.795. The van der Waals surface area contributed by atoms with Crippen molar-refractivity contribution in [3.05, 3.63) is 60.2 Å². The predicted octanol–water partition coefficient (Wildman–Crippen LogP) is 1.38. The van der Waals surface area contributed by atoms with Crippen LogP contribution in [0.15, 0.2) is 59.5 Å². The lowest BCUT2D eigenvalue weighted by atomic mass is 10.1. The van der Waals surface area contributed by atoms with Crippen LogP contribution in [0.25, 0.3) is 0 Å². The van der Waals surface area contributed by atoms with Crippen molar-refractivity contribution in [1.29, 1.82) is 0 Å². The number of sulfonamides is 1. The van der Waals surface area contributed by atoms with Crippen molar-refractivity contribution >= 4 is 22.0 Å². The minimum atomic E-state index is -4.08. The van der Waals surface area contributed by atoms with Gasteiger partial charge in [-0.1, -0.05) is 30.3 Å². The largest absolute Gasteiger partial charge is 0.484 e. The second kappa shape index (κ2) is 8.86. The van der Waals surface area contributed by atoms with Crippen molar-refractivity contribution in [2.45, 2.75) is 11.3 Å². The van der Waals surface area contributed by atoms with Crippen LogP contribution in [0.2, 0.25) is 0 Å².